The van der Waals surface area contributed by atoms with Gasteiger partial charge in [0.05, 0.1) is 14.8 Å². The van der Waals surface area contributed by atoms with Crippen LogP contribution in [0.4, 0.5) is 13.2 Å². The van der Waals surface area contributed by atoms with Crippen molar-refractivity contribution in [1.29, 1.82) is 0 Å². The molecule has 8 heteroatoms. The van der Waals surface area contributed by atoms with E-state index in [4.69, 9.17) is 11.6 Å². The molecule has 0 aliphatic carbocycles. The van der Waals surface area contributed by atoms with Crippen molar-refractivity contribution < 1.29 is 26.7 Å². The molecule has 1 atom stereocenters. The predicted octanol–water partition coefficient (Wildman–Crippen LogP) is 5.61. The molecular formula is C21H16ClF3O3S. The molecule has 3 nitrogen and oxygen atoms in total. The molecule has 0 radical (unpaired) electrons. The monoisotopic (exact) mass is 440 g/mol. The van der Waals surface area contributed by atoms with Crippen LogP contribution in [0.5, 0.6) is 0 Å². The van der Waals surface area contributed by atoms with Crippen LogP contribution in [0.1, 0.15) is 12.5 Å². The van der Waals surface area contributed by atoms with Crippen LogP contribution in [0, 0.1) is 0 Å². The van der Waals surface area contributed by atoms with Crippen LogP contribution >= 0.6 is 11.6 Å². The van der Waals surface area contributed by atoms with E-state index in [1.807, 2.05) is 0 Å². The van der Waals surface area contributed by atoms with Gasteiger partial charge in [0, 0.05) is 0 Å². The Balaban J connectivity index is 1.95. The standard InChI is InChI=1S/C21H16ClF3O3S/c1-20(26,21(23,24)25)16-10-7-14(8-11-16)15-9-12-19(18(22)13-15)29(27,28)17-5-3-2-4-6-17/h2-13,26H,1H3. The summed E-state index contributed by atoms with van der Waals surface area (Å²) in [4.78, 5) is 0.0409. The van der Waals surface area contributed by atoms with Crippen LogP contribution in [-0.2, 0) is 15.4 Å². The van der Waals surface area contributed by atoms with Crippen molar-refractivity contribution in [2.24, 2.45) is 0 Å². The fourth-order valence-electron chi connectivity index (χ4n) is 2.78. The summed E-state index contributed by atoms with van der Waals surface area (Å²) in [5.41, 5.74) is -2.22. The molecule has 0 aromatic heterocycles. The minimum Gasteiger partial charge on any atom is -0.376 e. The fourth-order valence-corrected chi connectivity index (χ4v) is 4.59. The highest BCUT2D eigenvalue weighted by molar-refractivity contribution is 7.91. The molecule has 0 spiro atoms. The van der Waals surface area contributed by atoms with Crippen LogP contribution in [0.2, 0.25) is 5.02 Å². The van der Waals surface area contributed by atoms with Crippen LogP contribution in [-0.4, -0.2) is 19.7 Å². The minimum absolute atomic E-state index is 0.00211. The van der Waals surface area contributed by atoms with Crippen LogP contribution in [0.3, 0.4) is 0 Å². The van der Waals surface area contributed by atoms with E-state index in [1.54, 1.807) is 18.2 Å². The van der Waals surface area contributed by atoms with Gasteiger partial charge in [-0.05, 0) is 47.9 Å². The SMILES string of the molecule is CC(O)(c1ccc(-c2ccc(S(=O)(=O)c3ccccc3)c(Cl)c2)cc1)C(F)(F)F. The highest BCUT2D eigenvalue weighted by Crippen LogP contribution is 2.39. The van der Waals surface area contributed by atoms with E-state index in [2.05, 4.69) is 0 Å². The average molecular weight is 441 g/mol. The smallest absolute Gasteiger partial charge is 0.376 e. The maximum atomic E-state index is 13.0. The molecule has 1 unspecified atom stereocenters. The van der Waals surface area contributed by atoms with Crippen molar-refractivity contribution in [3.05, 3.63) is 83.4 Å². The van der Waals surface area contributed by atoms with Gasteiger partial charge in [0.25, 0.3) is 0 Å². The molecule has 0 fully saturated rings. The Morgan fingerprint density at radius 3 is 1.93 bits per heavy atom. The van der Waals surface area contributed by atoms with E-state index in [-0.39, 0.29) is 20.4 Å². The maximum Gasteiger partial charge on any atom is 0.421 e. The second-order valence-electron chi connectivity index (χ2n) is 6.61. The lowest BCUT2D eigenvalue weighted by Crippen LogP contribution is -2.39. The molecule has 0 saturated heterocycles. The first-order valence-electron chi connectivity index (χ1n) is 8.44. The van der Waals surface area contributed by atoms with Gasteiger partial charge >= 0.3 is 6.18 Å². The number of hydrogen-bond donors (Lipinski definition) is 1. The fraction of sp³-hybridized carbons (Fsp3) is 0.143. The van der Waals surface area contributed by atoms with Crippen molar-refractivity contribution in [2.45, 2.75) is 28.5 Å². The molecule has 0 aliphatic heterocycles. The summed E-state index contributed by atoms with van der Waals surface area (Å²) in [7, 11) is -3.80. The third-order valence-electron chi connectivity index (χ3n) is 4.61. The van der Waals surface area contributed by atoms with Crippen LogP contribution < -0.4 is 0 Å². The van der Waals surface area contributed by atoms with Gasteiger partial charge in [-0.1, -0.05) is 60.1 Å². The molecule has 0 aliphatic rings. The van der Waals surface area contributed by atoms with E-state index in [9.17, 15) is 26.7 Å². The first-order chi connectivity index (χ1) is 13.4. The van der Waals surface area contributed by atoms with Gasteiger partial charge in [0.2, 0.25) is 9.84 Å². The normalized spacial score (nSPS) is 14.4. The zero-order valence-electron chi connectivity index (χ0n) is 15.1. The zero-order chi connectivity index (χ0) is 21.4. The van der Waals surface area contributed by atoms with Crippen molar-refractivity contribution in [1.82, 2.24) is 0 Å². The second-order valence-corrected chi connectivity index (χ2v) is 8.93. The summed E-state index contributed by atoms with van der Waals surface area (Å²) in [6, 6.07) is 17.3. The molecule has 29 heavy (non-hydrogen) atoms. The summed E-state index contributed by atoms with van der Waals surface area (Å²) in [5, 5.41) is 9.75. The molecule has 0 heterocycles. The summed E-state index contributed by atoms with van der Waals surface area (Å²) in [6.45, 7) is 0.683. The third-order valence-corrected chi connectivity index (χ3v) is 6.86. The summed E-state index contributed by atoms with van der Waals surface area (Å²) in [5.74, 6) is 0. The van der Waals surface area contributed by atoms with E-state index in [0.29, 0.717) is 18.1 Å². The molecule has 152 valence electrons. The molecule has 1 N–H and O–H groups in total. The number of aliphatic hydroxyl groups is 1. The van der Waals surface area contributed by atoms with Crippen molar-refractivity contribution >= 4 is 21.4 Å². The summed E-state index contributed by atoms with van der Waals surface area (Å²) in [6.07, 6.45) is -4.81. The molecule has 0 amide bonds. The largest absolute Gasteiger partial charge is 0.421 e. The molecule has 0 saturated carbocycles. The average Bonchev–Trinajstić information content (AvgIpc) is 2.67. The Kier molecular flexibility index (Phi) is 5.51. The third kappa shape index (κ3) is 4.03. The first-order valence-corrected chi connectivity index (χ1v) is 10.3. The number of rotatable bonds is 4. The molecular weight excluding hydrogens is 425 g/mol. The zero-order valence-corrected chi connectivity index (χ0v) is 16.7. The number of benzene rings is 3. The van der Waals surface area contributed by atoms with Gasteiger partial charge in [-0.2, -0.15) is 13.2 Å². The van der Waals surface area contributed by atoms with Gasteiger partial charge in [0.15, 0.2) is 5.60 Å². The highest BCUT2D eigenvalue weighted by atomic mass is 35.5. The molecule has 3 aromatic carbocycles. The Bertz CT molecular complexity index is 1120. The number of halogens is 4. The second kappa shape index (κ2) is 7.48. The van der Waals surface area contributed by atoms with Crippen LogP contribution in [0.25, 0.3) is 11.1 Å². The minimum atomic E-state index is -4.81. The van der Waals surface area contributed by atoms with E-state index < -0.39 is 21.6 Å². The number of sulfone groups is 1. The van der Waals surface area contributed by atoms with Gasteiger partial charge < -0.3 is 5.11 Å². The van der Waals surface area contributed by atoms with Gasteiger partial charge in [-0.3, -0.25) is 0 Å². The summed E-state index contributed by atoms with van der Waals surface area (Å²) < 4.78 is 64.4. The topological polar surface area (TPSA) is 54.4 Å². The van der Waals surface area contributed by atoms with Gasteiger partial charge in [-0.15, -0.1) is 0 Å². The Morgan fingerprint density at radius 2 is 1.41 bits per heavy atom. The molecule has 0 bridgehead atoms. The lowest BCUT2D eigenvalue weighted by Gasteiger charge is -2.26. The Morgan fingerprint density at radius 1 is 0.862 bits per heavy atom. The summed E-state index contributed by atoms with van der Waals surface area (Å²) >= 11 is 6.21. The lowest BCUT2D eigenvalue weighted by atomic mass is 9.93. The van der Waals surface area contributed by atoms with Gasteiger partial charge in [0.1, 0.15) is 0 Å². The quantitative estimate of drug-likeness (QED) is 0.573. The van der Waals surface area contributed by atoms with E-state index in [1.165, 1.54) is 54.6 Å². The molecule has 3 rings (SSSR count). The van der Waals surface area contributed by atoms with E-state index in [0.717, 1.165) is 0 Å². The first kappa shape index (κ1) is 21.4. The maximum absolute atomic E-state index is 13.0. The Labute approximate surface area is 171 Å². The van der Waals surface area contributed by atoms with Crippen molar-refractivity contribution in [3.63, 3.8) is 0 Å². The van der Waals surface area contributed by atoms with Gasteiger partial charge in [-0.25, -0.2) is 8.42 Å². The predicted molar refractivity (Wildman–Crippen MR) is 104 cm³/mol. The Hall–Kier alpha value is -2.35. The molecule has 3 aromatic rings. The van der Waals surface area contributed by atoms with Crippen molar-refractivity contribution in [3.8, 4) is 11.1 Å². The number of hydrogen-bond acceptors (Lipinski definition) is 3. The number of alkyl halides is 3. The highest BCUT2D eigenvalue weighted by Gasteiger charge is 2.51. The van der Waals surface area contributed by atoms with Crippen molar-refractivity contribution in [2.75, 3.05) is 0 Å². The lowest BCUT2D eigenvalue weighted by molar-refractivity contribution is -0.258. The van der Waals surface area contributed by atoms with Crippen LogP contribution in [0.15, 0.2) is 82.6 Å². The van der Waals surface area contributed by atoms with E-state index >= 15 is 0 Å².